The van der Waals surface area contributed by atoms with E-state index in [1.54, 1.807) is 16.8 Å². The number of aliphatic hydroxyl groups excluding tert-OH is 1. The number of amides is 1. The molecule has 2 fully saturated rings. The van der Waals surface area contributed by atoms with Gasteiger partial charge in [-0.1, -0.05) is 0 Å². The van der Waals surface area contributed by atoms with E-state index in [2.05, 4.69) is 21.4 Å². The maximum Gasteiger partial charge on any atom is 0.251 e. The molecule has 0 aromatic carbocycles. The fourth-order valence-electron chi connectivity index (χ4n) is 4.16. The Balaban J connectivity index is 1.50. The van der Waals surface area contributed by atoms with Crippen LogP contribution in [0.15, 0.2) is 24.4 Å². The number of anilines is 1. The van der Waals surface area contributed by atoms with Gasteiger partial charge in [-0.3, -0.25) is 4.79 Å². The SMILES string of the molecule is C[C@@H]1CN(c2ccc(C#N)n3nccc23)C[C@H](C(=O)N[C@H]2CC[C@@H](O)CC2)O1. The largest absolute Gasteiger partial charge is 0.393 e. The minimum absolute atomic E-state index is 0.0987. The van der Waals surface area contributed by atoms with E-state index in [0.717, 1.165) is 36.9 Å². The van der Waals surface area contributed by atoms with E-state index in [4.69, 9.17) is 4.74 Å². The van der Waals surface area contributed by atoms with Crippen molar-refractivity contribution in [3.05, 3.63) is 30.1 Å². The van der Waals surface area contributed by atoms with Crippen molar-refractivity contribution in [3.63, 3.8) is 0 Å². The minimum atomic E-state index is -0.561. The third-order valence-corrected chi connectivity index (χ3v) is 5.58. The number of hydrogen-bond donors (Lipinski definition) is 2. The molecule has 2 aliphatic rings. The first-order chi connectivity index (χ1) is 13.5. The lowest BCUT2D eigenvalue weighted by molar-refractivity contribution is -0.138. The monoisotopic (exact) mass is 383 g/mol. The van der Waals surface area contributed by atoms with Crippen LogP contribution in [0.25, 0.3) is 5.52 Å². The Morgan fingerprint density at radius 2 is 2.07 bits per heavy atom. The van der Waals surface area contributed by atoms with Crippen molar-refractivity contribution in [1.82, 2.24) is 14.9 Å². The Bertz CT molecular complexity index is 897. The summed E-state index contributed by atoms with van der Waals surface area (Å²) in [6.07, 6.45) is 3.81. The summed E-state index contributed by atoms with van der Waals surface area (Å²) in [5, 5.41) is 26.2. The number of carbonyl (C=O) groups is 1. The van der Waals surface area contributed by atoms with Crippen molar-refractivity contribution in [2.24, 2.45) is 0 Å². The Morgan fingerprint density at radius 1 is 1.29 bits per heavy atom. The number of rotatable bonds is 3. The number of nitrogens with one attached hydrogen (secondary N) is 1. The molecule has 1 aliphatic carbocycles. The van der Waals surface area contributed by atoms with Crippen LogP contribution >= 0.6 is 0 Å². The number of ether oxygens (including phenoxy) is 1. The van der Waals surface area contributed by atoms with Crippen molar-refractivity contribution in [1.29, 1.82) is 5.26 Å². The molecule has 28 heavy (non-hydrogen) atoms. The predicted octanol–water partition coefficient (Wildman–Crippen LogP) is 1.22. The molecule has 0 spiro atoms. The Morgan fingerprint density at radius 3 is 2.82 bits per heavy atom. The molecular weight excluding hydrogens is 358 g/mol. The summed E-state index contributed by atoms with van der Waals surface area (Å²) in [4.78, 5) is 14.9. The van der Waals surface area contributed by atoms with Crippen LogP contribution in [0.5, 0.6) is 0 Å². The van der Waals surface area contributed by atoms with Gasteiger partial charge in [-0.25, -0.2) is 4.52 Å². The number of fused-ring (bicyclic) bond motifs is 1. The van der Waals surface area contributed by atoms with Crippen molar-refractivity contribution < 1.29 is 14.6 Å². The Labute approximate surface area is 163 Å². The molecule has 4 rings (SSSR count). The van der Waals surface area contributed by atoms with Crippen molar-refractivity contribution in [2.75, 3.05) is 18.0 Å². The zero-order valence-electron chi connectivity index (χ0n) is 15.9. The van der Waals surface area contributed by atoms with E-state index < -0.39 is 6.10 Å². The fraction of sp³-hybridized carbons (Fsp3) is 0.550. The summed E-state index contributed by atoms with van der Waals surface area (Å²) in [6.45, 7) is 3.06. The van der Waals surface area contributed by atoms with Crippen LogP contribution in [0.3, 0.4) is 0 Å². The fourth-order valence-corrected chi connectivity index (χ4v) is 4.16. The molecule has 1 saturated carbocycles. The Hall–Kier alpha value is -2.63. The van der Waals surface area contributed by atoms with Crippen molar-refractivity contribution in [2.45, 2.75) is 57.0 Å². The van der Waals surface area contributed by atoms with Gasteiger partial charge in [0.1, 0.15) is 11.8 Å². The van der Waals surface area contributed by atoms with Crippen LogP contribution in [0.1, 0.15) is 38.3 Å². The molecule has 0 bridgehead atoms. The van der Waals surface area contributed by atoms with E-state index in [1.807, 2.05) is 19.1 Å². The van der Waals surface area contributed by atoms with Gasteiger partial charge in [-0.15, -0.1) is 0 Å². The normalized spacial score (nSPS) is 28.1. The van der Waals surface area contributed by atoms with Gasteiger partial charge < -0.3 is 20.1 Å². The van der Waals surface area contributed by atoms with E-state index in [1.165, 1.54) is 0 Å². The van der Waals surface area contributed by atoms with E-state index in [9.17, 15) is 15.2 Å². The molecule has 148 valence electrons. The molecular formula is C20H25N5O3. The quantitative estimate of drug-likeness (QED) is 0.826. The Kier molecular flexibility index (Phi) is 5.20. The summed E-state index contributed by atoms with van der Waals surface area (Å²) in [5.41, 5.74) is 2.25. The first-order valence-corrected chi connectivity index (χ1v) is 9.81. The van der Waals surface area contributed by atoms with Gasteiger partial charge >= 0.3 is 0 Å². The number of pyridine rings is 1. The number of hydrogen-bond acceptors (Lipinski definition) is 6. The number of nitrogens with zero attached hydrogens (tertiary/aromatic N) is 4. The molecule has 2 atom stereocenters. The molecule has 1 aliphatic heterocycles. The van der Waals surface area contributed by atoms with Gasteiger partial charge in [0.2, 0.25) is 0 Å². The number of aliphatic hydroxyl groups is 1. The van der Waals surface area contributed by atoms with Gasteiger partial charge in [-0.2, -0.15) is 10.4 Å². The minimum Gasteiger partial charge on any atom is -0.393 e. The molecule has 8 heteroatoms. The number of morpholine rings is 1. The topological polar surface area (TPSA) is 103 Å². The molecule has 1 amide bonds. The summed E-state index contributed by atoms with van der Waals surface area (Å²) in [7, 11) is 0. The predicted molar refractivity (Wildman–Crippen MR) is 103 cm³/mol. The van der Waals surface area contributed by atoms with E-state index >= 15 is 0 Å². The molecule has 8 nitrogen and oxygen atoms in total. The summed E-state index contributed by atoms with van der Waals surface area (Å²) < 4.78 is 7.55. The maximum atomic E-state index is 12.8. The lowest BCUT2D eigenvalue weighted by Crippen LogP contribution is -2.54. The van der Waals surface area contributed by atoms with Crippen LogP contribution in [0.4, 0.5) is 5.69 Å². The van der Waals surface area contributed by atoms with E-state index in [0.29, 0.717) is 18.8 Å². The van der Waals surface area contributed by atoms with E-state index in [-0.39, 0.29) is 24.2 Å². The van der Waals surface area contributed by atoms with Gasteiger partial charge in [-0.05, 0) is 50.8 Å². The summed E-state index contributed by atoms with van der Waals surface area (Å²) in [6, 6.07) is 7.77. The second-order valence-electron chi connectivity index (χ2n) is 7.70. The highest BCUT2D eigenvalue weighted by molar-refractivity contribution is 5.83. The van der Waals surface area contributed by atoms with Crippen LogP contribution in [-0.4, -0.2) is 58.1 Å². The molecule has 2 N–H and O–H groups in total. The second kappa shape index (κ2) is 7.78. The molecule has 3 heterocycles. The lowest BCUT2D eigenvalue weighted by atomic mass is 9.93. The van der Waals surface area contributed by atoms with Crippen LogP contribution in [0.2, 0.25) is 0 Å². The van der Waals surface area contributed by atoms with Gasteiger partial charge in [0.05, 0.1) is 36.2 Å². The molecule has 0 radical (unpaired) electrons. The smallest absolute Gasteiger partial charge is 0.251 e. The third kappa shape index (κ3) is 3.68. The van der Waals surface area contributed by atoms with Crippen molar-refractivity contribution >= 4 is 17.1 Å². The first-order valence-electron chi connectivity index (χ1n) is 9.81. The standard InChI is InChI=1S/C20H25N5O3/c1-13-11-24(17-7-4-15(10-21)25-18(17)8-9-22-25)12-19(28-13)20(27)23-14-2-5-16(26)6-3-14/h4,7-9,13-14,16,19,26H,2-3,5-6,11-12H2,1H3,(H,23,27)/t13-,14-,16+,19-/m1/s1. The second-order valence-corrected chi connectivity index (χ2v) is 7.70. The third-order valence-electron chi connectivity index (χ3n) is 5.58. The molecule has 2 aromatic heterocycles. The van der Waals surface area contributed by atoms with Gasteiger partial charge in [0.15, 0.2) is 6.10 Å². The van der Waals surface area contributed by atoms with Crippen LogP contribution in [0, 0.1) is 11.3 Å². The molecule has 0 unspecified atom stereocenters. The number of aromatic nitrogens is 2. The van der Waals surface area contributed by atoms with Crippen LogP contribution in [-0.2, 0) is 9.53 Å². The van der Waals surface area contributed by atoms with Gasteiger partial charge in [0.25, 0.3) is 5.91 Å². The summed E-state index contributed by atoms with van der Waals surface area (Å²) in [5.74, 6) is -0.101. The highest BCUT2D eigenvalue weighted by Crippen LogP contribution is 2.27. The number of carbonyl (C=O) groups excluding carboxylic acids is 1. The average molecular weight is 383 g/mol. The first kappa shape index (κ1) is 18.7. The van der Waals surface area contributed by atoms with Crippen LogP contribution < -0.4 is 10.2 Å². The average Bonchev–Trinajstić information content (AvgIpc) is 3.18. The highest BCUT2D eigenvalue weighted by atomic mass is 16.5. The zero-order valence-corrected chi connectivity index (χ0v) is 15.9. The van der Waals surface area contributed by atoms with Crippen molar-refractivity contribution in [3.8, 4) is 6.07 Å². The highest BCUT2D eigenvalue weighted by Gasteiger charge is 2.33. The lowest BCUT2D eigenvalue weighted by Gasteiger charge is -2.38. The molecule has 1 saturated heterocycles. The maximum absolute atomic E-state index is 12.8. The van der Waals surface area contributed by atoms with Gasteiger partial charge in [0, 0.05) is 12.6 Å². The molecule has 2 aromatic rings. The summed E-state index contributed by atoms with van der Waals surface area (Å²) >= 11 is 0. The number of nitriles is 1. The zero-order chi connectivity index (χ0) is 19.7.